The minimum absolute atomic E-state index is 0.146. The minimum atomic E-state index is -0.256. The molecule has 9 nitrogen and oxygen atoms in total. The normalized spacial score (nSPS) is 11.3. The quantitative estimate of drug-likeness (QED) is 0.132. The lowest BCUT2D eigenvalue weighted by Crippen LogP contribution is -2.34. The number of aromatic hydroxyl groups is 3. The lowest BCUT2D eigenvalue weighted by Gasteiger charge is -2.21. The van der Waals surface area contributed by atoms with Gasteiger partial charge in [0.25, 0.3) is 0 Å². The van der Waals surface area contributed by atoms with Gasteiger partial charge in [-0.15, -0.1) is 0 Å². The molecule has 3 rings (SSSR count). The number of carbonyl (C=O) groups excluding carboxylic acids is 3. The fraction of sp³-hybridized carbons (Fsp3) is 0.206. The second-order valence-corrected chi connectivity index (χ2v) is 9.74. The second-order valence-electron chi connectivity index (χ2n) is 9.74. The molecular formula is C34H37N3O6. The third-order valence-corrected chi connectivity index (χ3v) is 6.32. The molecule has 5 N–H and O–H groups in total. The molecule has 0 bridgehead atoms. The van der Waals surface area contributed by atoms with E-state index >= 15 is 0 Å². The first-order valence-electron chi connectivity index (χ1n) is 14.0. The predicted molar refractivity (Wildman–Crippen MR) is 168 cm³/mol. The zero-order valence-electron chi connectivity index (χ0n) is 23.9. The van der Waals surface area contributed by atoms with Gasteiger partial charge in [0.15, 0.2) is 0 Å². The maximum Gasteiger partial charge on any atom is 0.246 e. The van der Waals surface area contributed by atoms with Crippen LogP contribution in [-0.2, 0) is 14.4 Å². The number of nitrogens with one attached hydrogen (secondary N) is 2. The molecule has 0 spiro atoms. The molecule has 0 saturated carbocycles. The van der Waals surface area contributed by atoms with E-state index in [1.807, 2.05) is 0 Å². The number of amides is 3. The summed E-state index contributed by atoms with van der Waals surface area (Å²) < 4.78 is 0. The van der Waals surface area contributed by atoms with Crippen LogP contribution in [0.25, 0.3) is 18.2 Å². The average molecular weight is 584 g/mol. The Hall–Kier alpha value is -5.31. The number of carbonyl (C=O) groups is 3. The Labute approximate surface area is 251 Å². The van der Waals surface area contributed by atoms with Crippen LogP contribution in [0, 0.1) is 0 Å². The average Bonchev–Trinajstić information content (AvgIpc) is 3.01. The maximum absolute atomic E-state index is 13.0. The molecule has 0 atom stereocenters. The maximum atomic E-state index is 13.0. The molecule has 3 aromatic carbocycles. The molecule has 3 aromatic rings. The first-order valence-corrected chi connectivity index (χ1v) is 14.0. The number of unbranched alkanes of at least 4 members (excludes halogenated alkanes) is 1. The summed E-state index contributed by atoms with van der Waals surface area (Å²) in [7, 11) is 0. The van der Waals surface area contributed by atoms with E-state index < -0.39 is 0 Å². The Balaban J connectivity index is 1.45. The Morgan fingerprint density at radius 1 is 0.535 bits per heavy atom. The van der Waals surface area contributed by atoms with Crippen molar-refractivity contribution in [1.82, 2.24) is 15.5 Å². The minimum Gasteiger partial charge on any atom is -0.508 e. The fourth-order valence-corrected chi connectivity index (χ4v) is 3.94. The molecule has 0 saturated heterocycles. The van der Waals surface area contributed by atoms with Gasteiger partial charge in [0.1, 0.15) is 17.2 Å². The van der Waals surface area contributed by atoms with Crippen LogP contribution in [0.5, 0.6) is 17.2 Å². The van der Waals surface area contributed by atoms with E-state index in [9.17, 15) is 29.7 Å². The largest absolute Gasteiger partial charge is 0.508 e. The zero-order valence-corrected chi connectivity index (χ0v) is 23.9. The van der Waals surface area contributed by atoms with Crippen molar-refractivity contribution >= 4 is 35.9 Å². The van der Waals surface area contributed by atoms with Gasteiger partial charge in [0.05, 0.1) is 0 Å². The van der Waals surface area contributed by atoms with Crippen LogP contribution in [0.15, 0.2) is 91.0 Å². The van der Waals surface area contributed by atoms with Crippen LogP contribution in [0.1, 0.15) is 36.0 Å². The first-order chi connectivity index (χ1) is 20.8. The van der Waals surface area contributed by atoms with Crippen LogP contribution in [0.4, 0.5) is 0 Å². The number of nitrogens with zero attached hydrogens (tertiary/aromatic N) is 1. The zero-order chi connectivity index (χ0) is 30.9. The summed E-state index contributed by atoms with van der Waals surface area (Å²) in [6.07, 6.45) is 11.2. The van der Waals surface area contributed by atoms with Crippen LogP contribution in [0.3, 0.4) is 0 Å². The Bertz CT molecular complexity index is 1410. The van der Waals surface area contributed by atoms with Crippen LogP contribution in [-0.4, -0.2) is 64.1 Å². The molecule has 0 heterocycles. The van der Waals surface area contributed by atoms with Gasteiger partial charge in [-0.25, -0.2) is 0 Å². The Morgan fingerprint density at radius 2 is 0.907 bits per heavy atom. The molecule has 0 aliphatic carbocycles. The molecule has 0 fully saturated rings. The smallest absolute Gasteiger partial charge is 0.246 e. The van der Waals surface area contributed by atoms with Crippen LogP contribution >= 0.6 is 0 Å². The number of hydrogen-bond acceptors (Lipinski definition) is 6. The summed E-state index contributed by atoms with van der Waals surface area (Å²) in [5.74, 6) is -0.196. The third-order valence-electron chi connectivity index (χ3n) is 6.32. The van der Waals surface area contributed by atoms with E-state index in [1.54, 1.807) is 95.9 Å². The summed E-state index contributed by atoms with van der Waals surface area (Å²) in [6, 6.07) is 19.5. The van der Waals surface area contributed by atoms with Gasteiger partial charge in [-0.2, -0.15) is 0 Å². The SMILES string of the molecule is O=C(/C=C\c1ccc(O)cc1)NCCCCN(CCCNC(=O)/C=C\c1ccc(O)cc1)C(=O)/C=C\c1ccc(O)cc1. The van der Waals surface area contributed by atoms with Crippen molar-refractivity contribution in [1.29, 1.82) is 0 Å². The van der Waals surface area contributed by atoms with Gasteiger partial charge in [-0.1, -0.05) is 36.4 Å². The van der Waals surface area contributed by atoms with Crippen molar-refractivity contribution in [2.24, 2.45) is 0 Å². The lowest BCUT2D eigenvalue weighted by molar-refractivity contribution is -0.126. The molecule has 0 aliphatic heterocycles. The molecule has 3 amide bonds. The molecule has 9 heteroatoms. The van der Waals surface area contributed by atoms with Gasteiger partial charge >= 0.3 is 0 Å². The molecule has 43 heavy (non-hydrogen) atoms. The summed E-state index contributed by atoms with van der Waals surface area (Å²) in [4.78, 5) is 39.0. The van der Waals surface area contributed by atoms with E-state index in [1.165, 1.54) is 18.2 Å². The van der Waals surface area contributed by atoms with E-state index in [4.69, 9.17) is 0 Å². The second kappa shape index (κ2) is 17.5. The van der Waals surface area contributed by atoms with Crippen molar-refractivity contribution in [2.75, 3.05) is 26.2 Å². The van der Waals surface area contributed by atoms with Crippen LogP contribution in [0.2, 0.25) is 0 Å². The highest BCUT2D eigenvalue weighted by Crippen LogP contribution is 2.13. The molecule has 0 aromatic heterocycles. The van der Waals surface area contributed by atoms with Crippen molar-refractivity contribution in [3.05, 3.63) is 108 Å². The number of rotatable bonds is 15. The Kier molecular flexibility index (Phi) is 13.1. The van der Waals surface area contributed by atoms with Gasteiger partial charge in [-0.05, 0) is 90.6 Å². The number of benzene rings is 3. The fourth-order valence-electron chi connectivity index (χ4n) is 3.94. The van der Waals surface area contributed by atoms with E-state index in [0.717, 1.165) is 16.7 Å². The van der Waals surface area contributed by atoms with Crippen molar-refractivity contribution < 1.29 is 29.7 Å². The molecule has 0 unspecified atom stereocenters. The highest BCUT2D eigenvalue weighted by atomic mass is 16.3. The standard InChI is InChI=1S/C34H37N3O6/c38-29-13-4-26(5-14-29)10-19-32(41)35-22-1-2-24-37(34(43)21-12-28-8-17-31(40)18-9-28)25-3-23-36-33(42)20-11-27-6-15-30(39)16-7-27/h4-21,38-40H,1-3,22-25H2,(H,35,41)(H,36,42)/b19-10-,20-11-,21-12-. The van der Waals surface area contributed by atoms with Gasteiger partial charge in [-0.3, -0.25) is 14.4 Å². The summed E-state index contributed by atoms with van der Waals surface area (Å²) in [5.41, 5.74) is 2.36. The van der Waals surface area contributed by atoms with Gasteiger partial charge in [0, 0.05) is 44.4 Å². The van der Waals surface area contributed by atoms with E-state index in [0.29, 0.717) is 45.4 Å². The first kappa shape index (κ1) is 32.2. The van der Waals surface area contributed by atoms with Crippen molar-refractivity contribution in [3.63, 3.8) is 0 Å². The monoisotopic (exact) mass is 583 g/mol. The summed E-state index contributed by atoms with van der Waals surface area (Å²) in [5, 5.41) is 33.8. The van der Waals surface area contributed by atoms with Crippen molar-refractivity contribution in [2.45, 2.75) is 19.3 Å². The van der Waals surface area contributed by atoms with Gasteiger partial charge < -0.3 is 30.9 Å². The predicted octanol–water partition coefficient (Wildman–Crippen LogP) is 4.47. The van der Waals surface area contributed by atoms with Crippen LogP contribution < -0.4 is 10.6 Å². The number of phenolic OH excluding ortho intramolecular Hbond substituents is 3. The summed E-state index contributed by atoms with van der Waals surface area (Å²) >= 11 is 0. The molecule has 224 valence electrons. The highest BCUT2D eigenvalue weighted by molar-refractivity contribution is 5.93. The van der Waals surface area contributed by atoms with Crippen molar-refractivity contribution in [3.8, 4) is 17.2 Å². The molecule has 0 radical (unpaired) electrons. The van der Waals surface area contributed by atoms with Gasteiger partial charge in [0.2, 0.25) is 17.7 Å². The molecular weight excluding hydrogens is 546 g/mol. The third kappa shape index (κ3) is 12.8. The number of hydrogen-bond donors (Lipinski definition) is 5. The summed E-state index contributed by atoms with van der Waals surface area (Å²) in [6.45, 7) is 1.75. The van der Waals surface area contributed by atoms with E-state index in [2.05, 4.69) is 10.6 Å². The molecule has 0 aliphatic rings. The topological polar surface area (TPSA) is 139 Å². The van der Waals surface area contributed by atoms with E-state index in [-0.39, 0.29) is 35.0 Å². The highest BCUT2D eigenvalue weighted by Gasteiger charge is 2.11. The Morgan fingerprint density at radius 3 is 1.35 bits per heavy atom. The number of phenols is 3. The lowest BCUT2D eigenvalue weighted by atomic mass is 10.2.